The van der Waals surface area contributed by atoms with Gasteiger partial charge in [0.05, 0.1) is 10.2 Å². The van der Waals surface area contributed by atoms with Gasteiger partial charge in [-0.25, -0.2) is 0 Å². The summed E-state index contributed by atoms with van der Waals surface area (Å²) in [7, 11) is 0. The average Bonchev–Trinajstić information content (AvgIpc) is 2.40. The fourth-order valence-corrected chi connectivity index (χ4v) is 2.74. The Morgan fingerprint density at radius 2 is 2.00 bits per heavy atom. The Balaban J connectivity index is 2.11. The lowest BCUT2D eigenvalue weighted by atomic mass is 10.3. The van der Waals surface area contributed by atoms with Gasteiger partial charge >= 0.3 is 0 Å². The number of ether oxygens (including phenoxy) is 1. The maximum absolute atomic E-state index is 5.88. The molecule has 0 fully saturated rings. The highest BCUT2D eigenvalue weighted by molar-refractivity contribution is 9.11. The number of hydrogen-bond acceptors (Lipinski definition) is 3. The van der Waals surface area contributed by atoms with Gasteiger partial charge in [-0.2, -0.15) is 0 Å². The Hall–Kier alpha value is -0.910. The molecular weight excluding hydrogens is 384 g/mol. The normalized spacial score (nSPS) is 10.8. The summed E-state index contributed by atoms with van der Waals surface area (Å²) in [4.78, 5) is 4.33. The van der Waals surface area contributed by atoms with Crippen LogP contribution in [-0.4, -0.2) is 11.0 Å². The van der Waals surface area contributed by atoms with Crippen molar-refractivity contribution in [3.8, 4) is 11.5 Å². The van der Waals surface area contributed by atoms with Crippen molar-refractivity contribution in [3.63, 3.8) is 0 Å². The molecule has 0 aliphatic rings. The SMILES string of the molecule is CC(C)NCc1cc(Oc2ccc(Br)cc2Br)ccn1. The van der Waals surface area contributed by atoms with E-state index in [0.29, 0.717) is 6.04 Å². The number of benzene rings is 1. The minimum atomic E-state index is 0.432. The smallest absolute Gasteiger partial charge is 0.141 e. The van der Waals surface area contributed by atoms with Crippen molar-refractivity contribution in [1.29, 1.82) is 0 Å². The number of pyridine rings is 1. The molecule has 0 aliphatic heterocycles. The van der Waals surface area contributed by atoms with Crippen LogP contribution < -0.4 is 10.1 Å². The fourth-order valence-electron chi connectivity index (χ4n) is 1.61. The maximum Gasteiger partial charge on any atom is 0.141 e. The van der Waals surface area contributed by atoms with Crippen LogP contribution in [0.1, 0.15) is 19.5 Å². The van der Waals surface area contributed by atoms with E-state index in [1.807, 2.05) is 30.3 Å². The molecule has 0 unspecified atom stereocenters. The van der Waals surface area contributed by atoms with Gasteiger partial charge in [0.25, 0.3) is 0 Å². The van der Waals surface area contributed by atoms with E-state index in [4.69, 9.17) is 4.74 Å². The van der Waals surface area contributed by atoms with Gasteiger partial charge in [-0.05, 0) is 40.2 Å². The molecule has 2 aromatic rings. The van der Waals surface area contributed by atoms with Gasteiger partial charge in [-0.3, -0.25) is 4.98 Å². The number of hydrogen-bond donors (Lipinski definition) is 1. The van der Waals surface area contributed by atoms with Gasteiger partial charge in [-0.15, -0.1) is 0 Å². The number of nitrogens with zero attached hydrogens (tertiary/aromatic N) is 1. The summed E-state index contributed by atoms with van der Waals surface area (Å²) in [5, 5.41) is 3.34. The average molecular weight is 400 g/mol. The van der Waals surface area contributed by atoms with Gasteiger partial charge in [0.2, 0.25) is 0 Å². The standard InChI is InChI=1S/C15H16Br2N2O/c1-10(2)19-9-12-8-13(5-6-18-12)20-15-4-3-11(16)7-14(15)17/h3-8,10,19H,9H2,1-2H3. The second kappa shape index (κ2) is 7.20. The molecule has 0 radical (unpaired) electrons. The topological polar surface area (TPSA) is 34.1 Å². The summed E-state index contributed by atoms with van der Waals surface area (Å²) in [6.45, 7) is 4.95. The molecule has 0 aliphatic carbocycles. The summed E-state index contributed by atoms with van der Waals surface area (Å²) < 4.78 is 7.79. The van der Waals surface area contributed by atoms with E-state index in [-0.39, 0.29) is 0 Å². The molecule has 5 heteroatoms. The van der Waals surface area contributed by atoms with Crippen LogP contribution in [0.5, 0.6) is 11.5 Å². The van der Waals surface area contributed by atoms with E-state index in [2.05, 4.69) is 56.0 Å². The van der Waals surface area contributed by atoms with Crippen LogP contribution in [0, 0.1) is 0 Å². The van der Waals surface area contributed by atoms with Crippen molar-refractivity contribution >= 4 is 31.9 Å². The zero-order valence-electron chi connectivity index (χ0n) is 11.4. The predicted molar refractivity (Wildman–Crippen MR) is 88.1 cm³/mol. The summed E-state index contributed by atoms with van der Waals surface area (Å²) in [5.74, 6) is 1.56. The molecule has 1 aromatic heterocycles. The summed E-state index contributed by atoms with van der Waals surface area (Å²) in [5.41, 5.74) is 0.962. The molecule has 1 N–H and O–H groups in total. The molecule has 0 saturated heterocycles. The second-order valence-electron chi connectivity index (χ2n) is 4.70. The lowest BCUT2D eigenvalue weighted by molar-refractivity contribution is 0.476. The van der Waals surface area contributed by atoms with Crippen LogP contribution in [0.3, 0.4) is 0 Å². The number of aromatic nitrogens is 1. The fraction of sp³-hybridized carbons (Fsp3) is 0.267. The highest BCUT2D eigenvalue weighted by Crippen LogP contribution is 2.31. The quantitative estimate of drug-likeness (QED) is 0.776. The van der Waals surface area contributed by atoms with Crippen molar-refractivity contribution in [2.45, 2.75) is 26.4 Å². The molecule has 0 spiro atoms. The summed E-state index contributed by atoms with van der Waals surface area (Å²) in [6, 6.07) is 10.1. The zero-order chi connectivity index (χ0) is 14.5. The Kier molecular flexibility index (Phi) is 5.57. The molecule has 20 heavy (non-hydrogen) atoms. The molecule has 1 heterocycles. The van der Waals surface area contributed by atoms with Crippen molar-refractivity contribution in [2.24, 2.45) is 0 Å². The van der Waals surface area contributed by atoms with Crippen LogP contribution in [0.25, 0.3) is 0 Å². The van der Waals surface area contributed by atoms with Gasteiger partial charge in [-0.1, -0.05) is 29.8 Å². The Labute approximate surface area is 136 Å². The highest BCUT2D eigenvalue weighted by Gasteiger charge is 2.05. The monoisotopic (exact) mass is 398 g/mol. The third kappa shape index (κ3) is 4.58. The molecule has 0 bridgehead atoms. The maximum atomic E-state index is 5.88. The molecule has 0 atom stereocenters. The lowest BCUT2D eigenvalue weighted by Crippen LogP contribution is -2.22. The first-order chi connectivity index (χ1) is 9.54. The van der Waals surface area contributed by atoms with E-state index < -0.39 is 0 Å². The van der Waals surface area contributed by atoms with Gasteiger partial charge in [0.1, 0.15) is 11.5 Å². The van der Waals surface area contributed by atoms with Crippen LogP contribution >= 0.6 is 31.9 Å². The Morgan fingerprint density at radius 3 is 2.70 bits per heavy atom. The molecule has 0 saturated carbocycles. The Bertz CT molecular complexity index is 588. The van der Waals surface area contributed by atoms with E-state index in [1.54, 1.807) is 6.20 Å². The molecule has 0 amide bonds. The largest absolute Gasteiger partial charge is 0.456 e. The van der Waals surface area contributed by atoms with Gasteiger partial charge < -0.3 is 10.1 Å². The number of nitrogens with one attached hydrogen (secondary N) is 1. The van der Waals surface area contributed by atoms with Crippen molar-refractivity contribution in [2.75, 3.05) is 0 Å². The second-order valence-corrected chi connectivity index (χ2v) is 6.47. The first kappa shape index (κ1) is 15.5. The predicted octanol–water partition coefficient (Wildman–Crippen LogP) is 4.90. The number of rotatable bonds is 5. The molecule has 1 aromatic carbocycles. The van der Waals surface area contributed by atoms with Crippen LogP contribution in [0.15, 0.2) is 45.5 Å². The van der Waals surface area contributed by atoms with Crippen LogP contribution in [-0.2, 0) is 6.54 Å². The first-order valence-electron chi connectivity index (χ1n) is 6.36. The van der Waals surface area contributed by atoms with E-state index in [9.17, 15) is 0 Å². The van der Waals surface area contributed by atoms with E-state index in [1.165, 1.54) is 0 Å². The van der Waals surface area contributed by atoms with Crippen LogP contribution in [0.4, 0.5) is 0 Å². The first-order valence-corrected chi connectivity index (χ1v) is 7.94. The third-order valence-electron chi connectivity index (χ3n) is 2.60. The Morgan fingerprint density at radius 1 is 1.20 bits per heavy atom. The molecule has 2 rings (SSSR count). The minimum Gasteiger partial charge on any atom is -0.456 e. The molecular formula is C15H16Br2N2O. The van der Waals surface area contributed by atoms with Crippen LogP contribution in [0.2, 0.25) is 0 Å². The van der Waals surface area contributed by atoms with Crippen molar-refractivity contribution in [3.05, 3.63) is 51.2 Å². The molecule has 106 valence electrons. The lowest BCUT2D eigenvalue weighted by Gasteiger charge is -2.10. The number of halogens is 2. The van der Waals surface area contributed by atoms with Gasteiger partial charge in [0, 0.05) is 29.3 Å². The van der Waals surface area contributed by atoms with Crippen molar-refractivity contribution < 1.29 is 4.74 Å². The minimum absolute atomic E-state index is 0.432. The summed E-state index contributed by atoms with van der Waals surface area (Å²) in [6.07, 6.45) is 1.76. The van der Waals surface area contributed by atoms with Gasteiger partial charge in [0.15, 0.2) is 0 Å². The van der Waals surface area contributed by atoms with E-state index in [0.717, 1.165) is 32.7 Å². The summed E-state index contributed by atoms with van der Waals surface area (Å²) >= 11 is 6.91. The third-order valence-corrected chi connectivity index (χ3v) is 3.71. The van der Waals surface area contributed by atoms with Crippen molar-refractivity contribution in [1.82, 2.24) is 10.3 Å². The highest BCUT2D eigenvalue weighted by atomic mass is 79.9. The zero-order valence-corrected chi connectivity index (χ0v) is 14.5. The molecule has 3 nitrogen and oxygen atoms in total. The van der Waals surface area contributed by atoms with E-state index >= 15 is 0 Å².